The molecule has 4 heteroatoms. The normalized spacial score (nSPS) is 19.8. The summed E-state index contributed by atoms with van der Waals surface area (Å²) in [6.07, 6.45) is 1.50. The van der Waals surface area contributed by atoms with Crippen LogP contribution in [0.15, 0.2) is 17.5 Å². The van der Waals surface area contributed by atoms with Gasteiger partial charge in [-0.05, 0) is 18.4 Å². The number of nitrogens with one attached hydrogen (secondary N) is 1. The maximum Gasteiger partial charge on any atom is 0.167 e. The number of carbonyl (C=O) groups is 1. The molecule has 0 bridgehead atoms. The average molecular weight is 232 g/mol. The summed E-state index contributed by atoms with van der Waals surface area (Å²) in [4.78, 5) is 13.3. The number of aromatic nitrogens is 2. The molecule has 1 atom stereocenters. The van der Waals surface area contributed by atoms with Crippen molar-refractivity contribution < 1.29 is 4.79 Å². The Kier molecular flexibility index (Phi) is 2.17. The number of fused-ring (bicyclic) bond motifs is 1. The van der Waals surface area contributed by atoms with Gasteiger partial charge in [-0.3, -0.25) is 9.89 Å². The van der Waals surface area contributed by atoms with Crippen molar-refractivity contribution in [3.05, 3.63) is 39.3 Å². The largest absolute Gasteiger partial charge is 0.294 e. The van der Waals surface area contributed by atoms with Crippen LogP contribution < -0.4 is 0 Å². The van der Waals surface area contributed by atoms with E-state index in [0.29, 0.717) is 12.3 Å². The maximum atomic E-state index is 12.0. The van der Waals surface area contributed by atoms with E-state index in [4.69, 9.17) is 0 Å². The highest BCUT2D eigenvalue weighted by Crippen LogP contribution is 2.34. The molecule has 0 amide bonds. The summed E-state index contributed by atoms with van der Waals surface area (Å²) in [5.74, 6) is 0.550. The molecule has 3 nitrogen and oxygen atoms in total. The maximum absolute atomic E-state index is 12.0. The Bertz CT molecular complexity index is 527. The minimum Gasteiger partial charge on any atom is -0.294 e. The third-order valence-corrected chi connectivity index (χ3v) is 4.15. The van der Waals surface area contributed by atoms with E-state index >= 15 is 0 Å². The van der Waals surface area contributed by atoms with Crippen molar-refractivity contribution in [3.63, 3.8) is 0 Å². The summed E-state index contributed by atoms with van der Waals surface area (Å²) in [5.41, 5.74) is 2.67. The van der Waals surface area contributed by atoms with Gasteiger partial charge in [0.1, 0.15) is 0 Å². The number of aryl methyl sites for hydroxylation is 1. The zero-order valence-electron chi connectivity index (χ0n) is 8.99. The van der Waals surface area contributed by atoms with E-state index in [2.05, 4.69) is 21.6 Å². The lowest BCUT2D eigenvalue weighted by molar-refractivity contribution is 0.0964. The van der Waals surface area contributed by atoms with Gasteiger partial charge in [0.15, 0.2) is 5.78 Å². The van der Waals surface area contributed by atoms with E-state index in [-0.39, 0.29) is 5.78 Å². The molecule has 0 saturated heterocycles. The molecule has 1 N–H and O–H groups in total. The number of ketones is 1. The third-order valence-electron chi connectivity index (χ3n) is 3.12. The van der Waals surface area contributed by atoms with Crippen LogP contribution in [0.1, 0.15) is 39.0 Å². The molecule has 82 valence electrons. The molecule has 0 spiro atoms. The average Bonchev–Trinajstić information content (AvgIpc) is 2.87. The predicted molar refractivity (Wildman–Crippen MR) is 63.0 cm³/mol. The van der Waals surface area contributed by atoms with Crippen LogP contribution in [0.2, 0.25) is 0 Å². The highest BCUT2D eigenvalue weighted by Gasteiger charge is 2.30. The highest BCUT2D eigenvalue weighted by atomic mass is 32.1. The van der Waals surface area contributed by atoms with Gasteiger partial charge in [-0.15, -0.1) is 11.3 Å². The number of nitrogens with zero attached hydrogens (tertiary/aromatic N) is 1. The van der Waals surface area contributed by atoms with E-state index in [9.17, 15) is 4.79 Å². The predicted octanol–water partition coefficient (Wildman–Crippen LogP) is 2.69. The molecule has 0 aliphatic heterocycles. The molecule has 0 aromatic carbocycles. The van der Waals surface area contributed by atoms with Crippen molar-refractivity contribution in [1.82, 2.24) is 10.2 Å². The first-order valence-corrected chi connectivity index (χ1v) is 6.24. The number of carbonyl (C=O) groups excluding carboxylic acids is 1. The quantitative estimate of drug-likeness (QED) is 0.821. The molecule has 1 aliphatic rings. The Hall–Kier alpha value is -1.42. The number of Topliss-reactive ketones (excluding diaryl/α,β-unsaturated/α-hetero) is 1. The Labute approximate surface area is 97.5 Å². The summed E-state index contributed by atoms with van der Waals surface area (Å²) in [6, 6.07) is 4.14. The van der Waals surface area contributed by atoms with Crippen LogP contribution >= 0.6 is 11.3 Å². The lowest BCUT2D eigenvalue weighted by Gasteiger charge is -2.19. The standard InChI is InChI=1S/C12H12N2OS/c1-7-12-9(14-13-7)5-8(6-10(12)15)11-3-2-4-16-11/h2-4,8H,5-6H2,1H3,(H,13,14). The summed E-state index contributed by atoms with van der Waals surface area (Å²) < 4.78 is 0. The molecule has 1 aliphatic carbocycles. The second-order valence-corrected chi connectivity index (χ2v) is 5.19. The van der Waals surface area contributed by atoms with Crippen molar-refractivity contribution in [2.24, 2.45) is 0 Å². The SMILES string of the molecule is Cc1[nH]nc2c1C(=O)CC(c1cccs1)C2. The molecular weight excluding hydrogens is 220 g/mol. The van der Waals surface area contributed by atoms with Crippen LogP contribution in [-0.4, -0.2) is 16.0 Å². The molecule has 1 unspecified atom stereocenters. The van der Waals surface area contributed by atoms with Gasteiger partial charge in [0.05, 0.1) is 11.3 Å². The second-order valence-electron chi connectivity index (χ2n) is 4.21. The van der Waals surface area contributed by atoms with Crippen LogP contribution in [0, 0.1) is 6.92 Å². The van der Waals surface area contributed by atoms with E-state index in [1.165, 1.54) is 4.88 Å². The van der Waals surface area contributed by atoms with E-state index in [1.807, 2.05) is 13.0 Å². The molecule has 2 aromatic rings. The number of aromatic amines is 1. The summed E-state index contributed by atoms with van der Waals surface area (Å²) in [7, 11) is 0. The van der Waals surface area contributed by atoms with Crippen molar-refractivity contribution in [2.45, 2.75) is 25.7 Å². The van der Waals surface area contributed by atoms with Gasteiger partial charge in [0.25, 0.3) is 0 Å². The van der Waals surface area contributed by atoms with Gasteiger partial charge in [-0.25, -0.2) is 0 Å². The minimum absolute atomic E-state index is 0.228. The topological polar surface area (TPSA) is 45.8 Å². The van der Waals surface area contributed by atoms with Gasteiger partial charge in [-0.1, -0.05) is 6.07 Å². The number of hydrogen-bond acceptors (Lipinski definition) is 3. The van der Waals surface area contributed by atoms with Gasteiger partial charge in [0.2, 0.25) is 0 Å². The van der Waals surface area contributed by atoms with Crippen LogP contribution in [-0.2, 0) is 6.42 Å². The Morgan fingerprint density at radius 3 is 3.12 bits per heavy atom. The lowest BCUT2D eigenvalue weighted by Crippen LogP contribution is -2.17. The van der Waals surface area contributed by atoms with E-state index < -0.39 is 0 Å². The fourth-order valence-corrected chi connectivity index (χ4v) is 3.18. The summed E-state index contributed by atoms with van der Waals surface area (Å²) >= 11 is 1.72. The molecule has 0 fully saturated rings. The first-order valence-electron chi connectivity index (χ1n) is 5.36. The van der Waals surface area contributed by atoms with Crippen LogP contribution in [0.3, 0.4) is 0 Å². The second kappa shape index (κ2) is 3.56. The Morgan fingerprint density at radius 1 is 1.50 bits per heavy atom. The van der Waals surface area contributed by atoms with Gasteiger partial charge in [-0.2, -0.15) is 5.10 Å². The smallest absolute Gasteiger partial charge is 0.167 e. The lowest BCUT2D eigenvalue weighted by atomic mass is 9.85. The van der Waals surface area contributed by atoms with Gasteiger partial charge < -0.3 is 0 Å². The number of hydrogen-bond donors (Lipinski definition) is 1. The molecule has 3 rings (SSSR count). The van der Waals surface area contributed by atoms with Crippen molar-refractivity contribution in [3.8, 4) is 0 Å². The fourth-order valence-electron chi connectivity index (χ4n) is 2.35. The van der Waals surface area contributed by atoms with Crippen molar-refractivity contribution in [1.29, 1.82) is 0 Å². The molecule has 16 heavy (non-hydrogen) atoms. The van der Waals surface area contributed by atoms with E-state index in [1.54, 1.807) is 11.3 Å². The first kappa shape index (κ1) is 9.78. The van der Waals surface area contributed by atoms with Gasteiger partial charge in [0, 0.05) is 29.3 Å². The van der Waals surface area contributed by atoms with Crippen LogP contribution in [0.4, 0.5) is 0 Å². The fraction of sp³-hybridized carbons (Fsp3) is 0.333. The van der Waals surface area contributed by atoms with Crippen molar-refractivity contribution >= 4 is 17.1 Å². The number of thiophene rings is 1. The third kappa shape index (κ3) is 1.41. The molecular formula is C12H12N2OS. The monoisotopic (exact) mass is 232 g/mol. The zero-order valence-corrected chi connectivity index (χ0v) is 9.80. The molecule has 2 heterocycles. The molecule has 0 radical (unpaired) electrons. The summed E-state index contributed by atoms with van der Waals surface area (Å²) in [5, 5.41) is 9.19. The highest BCUT2D eigenvalue weighted by molar-refractivity contribution is 7.10. The van der Waals surface area contributed by atoms with E-state index in [0.717, 1.165) is 23.4 Å². The minimum atomic E-state index is 0.228. The number of rotatable bonds is 1. The molecule has 2 aromatic heterocycles. The van der Waals surface area contributed by atoms with Crippen molar-refractivity contribution in [2.75, 3.05) is 0 Å². The zero-order chi connectivity index (χ0) is 11.1. The number of H-pyrrole nitrogens is 1. The van der Waals surface area contributed by atoms with Gasteiger partial charge >= 0.3 is 0 Å². The first-order chi connectivity index (χ1) is 7.75. The Balaban J connectivity index is 1.99. The summed E-state index contributed by atoms with van der Waals surface area (Å²) in [6.45, 7) is 1.91. The molecule has 0 saturated carbocycles. The Morgan fingerprint density at radius 2 is 2.38 bits per heavy atom. The van der Waals surface area contributed by atoms with Crippen LogP contribution in [0.5, 0.6) is 0 Å². The van der Waals surface area contributed by atoms with Crippen LogP contribution in [0.25, 0.3) is 0 Å².